The third kappa shape index (κ3) is 3.34. The summed E-state index contributed by atoms with van der Waals surface area (Å²) in [6.45, 7) is 0. The Kier molecular flexibility index (Phi) is 4.08. The minimum Gasteiger partial charge on any atom is -0.618 e. The van der Waals surface area contributed by atoms with E-state index >= 15 is 0 Å². The van der Waals surface area contributed by atoms with Gasteiger partial charge in [-0.25, -0.2) is 0 Å². The molecule has 0 aliphatic heterocycles. The van der Waals surface area contributed by atoms with Crippen molar-refractivity contribution >= 4 is 23.4 Å². The van der Waals surface area contributed by atoms with E-state index in [9.17, 15) is 5.21 Å². The molecule has 2 heterocycles. The number of rotatable bonds is 4. The van der Waals surface area contributed by atoms with E-state index in [-0.39, 0.29) is 0 Å². The van der Waals surface area contributed by atoms with E-state index in [0.717, 1.165) is 10.3 Å². The molecule has 0 radical (unpaired) electrons. The van der Waals surface area contributed by atoms with Crippen molar-refractivity contribution in [3.8, 4) is 11.5 Å². The number of halogens is 1. The van der Waals surface area contributed by atoms with Crippen LogP contribution in [0.1, 0.15) is 5.82 Å². The van der Waals surface area contributed by atoms with Gasteiger partial charge in [0.05, 0.1) is 5.75 Å². The Bertz CT molecular complexity index is 746. The van der Waals surface area contributed by atoms with Crippen molar-refractivity contribution < 1.29 is 9.25 Å². The van der Waals surface area contributed by atoms with Crippen LogP contribution in [0.25, 0.3) is 11.5 Å². The maximum atomic E-state index is 11.5. The number of nitrogens with zero attached hydrogens (tertiary/aromatic N) is 3. The molecule has 0 saturated carbocycles. The molecule has 0 N–H and O–H groups in total. The molecule has 0 spiro atoms. The summed E-state index contributed by atoms with van der Waals surface area (Å²) in [5.74, 6) is 1.43. The number of benzene rings is 1. The Labute approximate surface area is 130 Å². The third-order valence-electron chi connectivity index (χ3n) is 2.70. The highest BCUT2D eigenvalue weighted by Gasteiger charge is 2.11. The topological polar surface area (TPSA) is 65.9 Å². The minimum absolute atomic E-state index is 0.435. The van der Waals surface area contributed by atoms with Crippen LogP contribution in [0, 0.1) is 5.21 Å². The fourth-order valence-corrected chi connectivity index (χ4v) is 2.57. The number of thioether (sulfide) groups is 1. The zero-order valence-electron chi connectivity index (χ0n) is 10.8. The fourth-order valence-electron chi connectivity index (χ4n) is 1.69. The van der Waals surface area contributed by atoms with Crippen LogP contribution in [0.3, 0.4) is 0 Å². The summed E-state index contributed by atoms with van der Waals surface area (Å²) in [7, 11) is 0. The van der Waals surface area contributed by atoms with E-state index in [1.165, 1.54) is 18.0 Å². The zero-order valence-corrected chi connectivity index (χ0v) is 12.3. The van der Waals surface area contributed by atoms with Gasteiger partial charge in [-0.15, -0.1) is 0 Å². The first kappa shape index (κ1) is 13.9. The summed E-state index contributed by atoms with van der Waals surface area (Å²) < 4.78 is 6.02. The molecule has 106 valence electrons. The maximum absolute atomic E-state index is 11.5. The van der Waals surface area contributed by atoms with Gasteiger partial charge in [0.25, 0.3) is 10.9 Å². The fraction of sp³-hybridized carbons (Fsp3) is 0.0714. The molecule has 7 heteroatoms. The molecule has 0 aliphatic carbocycles. The lowest BCUT2D eigenvalue weighted by atomic mass is 10.2. The zero-order chi connectivity index (χ0) is 14.7. The van der Waals surface area contributed by atoms with Gasteiger partial charge in [-0.2, -0.15) is 9.71 Å². The average molecular weight is 320 g/mol. The molecule has 0 unspecified atom stereocenters. The molecular formula is C14H10ClN3O2S. The lowest BCUT2D eigenvalue weighted by Crippen LogP contribution is -2.27. The summed E-state index contributed by atoms with van der Waals surface area (Å²) in [6.07, 6.45) is 1.46. The van der Waals surface area contributed by atoms with E-state index in [0.29, 0.717) is 27.5 Å². The SMILES string of the molecule is [O-][n+]1ccccc1SCc1noc(-c2ccc(Cl)cc2)n1. The molecular weight excluding hydrogens is 310 g/mol. The Morgan fingerprint density at radius 2 is 2.00 bits per heavy atom. The lowest BCUT2D eigenvalue weighted by molar-refractivity contribution is -0.645. The summed E-state index contributed by atoms with van der Waals surface area (Å²) in [5.41, 5.74) is 0.807. The number of hydrogen-bond donors (Lipinski definition) is 0. The van der Waals surface area contributed by atoms with Crippen molar-refractivity contribution in [1.29, 1.82) is 0 Å². The highest BCUT2D eigenvalue weighted by molar-refractivity contribution is 7.98. The normalized spacial score (nSPS) is 10.7. The lowest BCUT2D eigenvalue weighted by Gasteiger charge is -2.00. The van der Waals surface area contributed by atoms with Gasteiger partial charge >= 0.3 is 0 Å². The Morgan fingerprint density at radius 1 is 1.19 bits per heavy atom. The number of aromatic nitrogens is 3. The molecule has 0 atom stereocenters. The molecule has 3 rings (SSSR count). The highest BCUT2D eigenvalue weighted by Crippen LogP contribution is 2.22. The highest BCUT2D eigenvalue weighted by atomic mass is 35.5. The van der Waals surface area contributed by atoms with Gasteiger partial charge in [0, 0.05) is 22.7 Å². The summed E-state index contributed by atoms with van der Waals surface area (Å²) in [5, 5.41) is 16.7. The average Bonchev–Trinajstić information content (AvgIpc) is 2.96. The van der Waals surface area contributed by atoms with Crippen LogP contribution in [-0.4, -0.2) is 10.1 Å². The van der Waals surface area contributed by atoms with Gasteiger partial charge < -0.3 is 9.73 Å². The van der Waals surface area contributed by atoms with E-state index in [1.54, 1.807) is 24.3 Å². The smallest absolute Gasteiger partial charge is 0.257 e. The van der Waals surface area contributed by atoms with Crippen molar-refractivity contribution in [2.75, 3.05) is 0 Å². The largest absolute Gasteiger partial charge is 0.618 e. The van der Waals surface area contributed by atoms with Crippen LogP contribution in [0.15, 0.2) is 58.2 Å². The van der Waals surface area contributed by atoms with Crippen LogP contribution < -0.4 is 4.73 Å². The van der Waals surface area contributed by atoms with Gasteiger partial charge in [-0.05, 0) is 42.1 Å². The standard InChI is InChI=1S/C14H10ClN3O2S/c15-11-6-4-10(5-7-11)14-16-12(17-20-14)9-21-13-3-1-2-8-18(13)19/h1-8H,9H2. The van der Waals surface area contributed by atoms with Crippen LogP contribution in [0.5, 0.6) is 0 Å². The second kappa shape index (κ2) is 6.15. The second-order valence-corrected chi connectivity index (χ2v) is 5.61. The third-order valence-corrected chi connectivity index (χ3v) is 3.96. The van der Waals surface area contributed by atoms with Crippen LogP contribution in [-0.2, 0) is 5.75 Å². The van der Waals surface area contributed by atoms with Crippen molar-refractivity contribution in [1.82, 2.24) is 10.1 Å². The Morgan fingerprint density at radius 3 is 2.76 bits per heavy atom. The van der Waals surface area contributed by atoms with Gasteiger partial charge in [0.2, 0.25) is 0 Å². The molecule has 0 bridgehead atoms. The van der Waals surface area contributed by atoms with Gasteiger partial charge in [-0.3, -0.25) is 0 Å². The van der Waals surface area contributed by atoms with Crippen LogP contribution in [0.2, 0.25) is 5.02 Å². The number of hydrogen-bond acceptors (Lipinski definition) is 5. The summed E-state index contributed by atoms with van der Waals surface area (Å²) in [4.78, 5) is 4.30. The first-order valence-electron chi connectivity index (χ1n) is 6.12. The quantitative estimate of drug-likeness (QED) is 0.419. The predicted molar refractivity (Wildman–Crippen MR) is 79.7 cm³/mol. The predicted octanol–water partition coefficient (Wildman–Crippen LogP) is 3.32. The Balaban J connectivity index is 1.71. The maximum Gasteiger partial charge on any atom is 0.257 e. The molecule has 0 aliphatic rings. The summed E-state index contributed by atoms with van der Waals surface area (Å²) in [6, 6.07) is 12.4. The molecule has 0 amide bonds. The van der Waals surface area contributed by atoms with Crippen molar-refractivity contribution in [3.05, 3.63) is 64.7 Å². The summed E-state index contributed by atoms with van der Waals surface area (Å²) >= 11 is 7.19. The van der Waals surface area contributed by atoms with Crippen molar-refractivity contribution in [2.45, 2.75) is 10.8 Å². The van der Waals surface area contributed by atoms with Crippen LogP contribution in [0.4, 0.5) is 0 Å². The van der Waals surface area contributed by atoms with E-state index in [1.807, 2.05) is 18.2 Å². The molecule has 5 nitrogen and oxygen atoms in total. The van der Waals surface area contributed by atoms with Crippen molar-refractivity contribution in [2.24, 2.45) is 0 Å². The van der Waals surface area contributed by atoms with E-state index in [4.69, 9.17) is 16.1 Å². The molecule has 0 fully saturated rings. The first-order valence-corrected chi connectivity index (χ1v) is 7.48. The molecule has 0 saturated heterocycles. The van der Waals surface area contributed by atoms with Gasteiger partial charge in [-0.1, -0.05) is 16.8 Å². The second-order valence-electron chi connectivity index (χ2n) is 4.18. The van der Waals surface area contributed by atoms with Gasteiger partial charge in [0.1, 0.15) is 0 Å². The molecule has 3 aromatic rings. The van der Waals surface area contributed by atoms with Crippen LogP contribution >= 0.6 is 23.4 Å². The molecule has 1 aromatic carbocycles. The van der Waals surface area contributed by atoms with Gasteiger partial charge in [0.15, 0.2) is 12.0 Å². The van der Waals surface area contributed by atoms with Crippen molar-refractivity contribution in [3.63, 3.8) is 0 Å². The van der Waals surface area contributed by atoms with E-state index in [2.05, 4.69) is 10.1 Å². The number of pyridine rings is 1. The molecule has 21 heavy (non-hydrogen) atoms. The molecule has 2 aromatic heterocycles. The Hall–Kier alpha value is -2.05. The first-order chi connectivity index (χ1) is 10.2. The van der Waals surface area contributed by atoms with E-state index < -0.39 is 0 Å². The monoisotopic (exact) mass is 319 g/mol. The minimum atomic E-state index is 0.435.